The van der Waals surface area contributed by atoms with Crippen molar-refractivity contribution < 1.29 is 19.2 Å². The highest BCUT2D eigenvalue weighted by atomic mass is 16.5. The van der Waals surface area contributed by atoms with Crippen LogP contribution in [0.2, 0.25) is 0 Å². The lowest BCUT2D eigenvalue weighted by Crippen LogP contribution is -2.33. The first kappa shape index (κ1) is 25.9. The number of pyridine rings is 1. The van der Waals surface area contributed by atoms with Gasteiger partial charge in [-0.15, -0.1) is 0 Å². The molecule has 1 aliphatic rings. The van der Waals surface area contributed by atoms with E-state index in [1.54, 1.807) is 12.1 Å². The molecule has 1 aromatic heterocycles. The molecule has 174 valence electrons. The summed E-state index contributed by atoms with van der Waals surface area (Å²) >= 11 is 0. The molecule has 2 atom stereocenters. The molecule has 0 amide bonds. The number of ketones is 1. The van der Waals surface area contributed by atoms with Gasteiger partial charge in [-0.2, -0.15) is 0 Å². The first-order chi connectivity index (χ1) is 16.1. The Morgan fingerprint density at radius 2 is 1.64 bits per heavy atom. The molecule has 0 bridgehead atoms. The number of hydrogen-bond acceptors (Lipinski definition) is 4. The Kier molecular flexibility index (Phi) is 10.4. The van der Waals surface area contributed by atoms with Gasteiger partial charge in [-0.05, 0) is 23.8 Å². The van der Waals surface area contributed by atoms with Crippen LogP contribution in [0.25, 0.3) is 0 Å². The Balaban J connectivity index is 0.000000914. The van der Waals surface area contributed by atoms with Gasteiger partial charge in [0.05, 0.1) is 0 Å². The van der Waals surface area contributed by atoms with Crippen molar-refractivity contribution in [2.45, 2.75) is 59.9 Å². The van der Waals surface area contributed by atoms with E-state index in [1.807, 2.05) is 102 Å². The van der Waals surface area contributed by atoms with Gasteiger partial charge in [0, 0.05) is 41.5 Å². The zero-order chi connectivity index (χ0) is 24.2. The average Bonchev–Trinajstić information content (AvgIpc) is 3.37. The molecule has 4 rings (SSSR count). The van der Waals surface area contributed by atoms with E-state index >= 15 is 0 Å². The molecule has 1 N–H and O–H groups in total. The molecule has 0 spiro atoms. The van der Waals surface area contributed by atoms with E-state index in [-0.39, 0.29) is 23.9 Å². The van der Waals surface area contributed by atoms with Crippen molar-refractivity contribution in [1.29, 1.82) is 0 Å². The topological polar surface area (TPSA) is 62.8 Å². The molecule has 2 heterocycles. The molecule has 0 aliphatic carbocycles. The number of phenolic OH excluding ortho intramolecular Hbond substituents is 1. The Labute approximate surface area is 197 Å². The summed E-state index contributed by atoms with van der Waals surface area (Å²) in [6.45, 7) is 10.6. The Hall–Kier alpha value is -3.31. The SMILES string of the molecule is CC.CC.CCC(=O)c1cccc(C[n+]2ccc(C3C=NC(c4ccc(O)cc4)O3)cc2)c1. The minimum atomic E-state index is -0.355. The summed E-state index contributed by atoms with van der Waals surface area (Å²) in [5, 5.41) is 9.42. The first-order valence-corrected chi connectivity index (χ1v) is 11.7. The van der Waals surface area contributed by atoms with Crippen LogP contribution in [0.5, 0.6) is 5.75 Å². The van der Waals surface area contributed by atoms with Crippen LogP contribution in [-0.2, 0) is 11.3 Å². The number of aliphatic imine (C=N–C) groups is 1. The Morgan fingerprint density at radius 1 is 0.970 bits per heavy atom. The van der Waals surface area contributed by atoms with Gasteiger partial charge < -0.3 is 9.84 Å². The van der Waals surface area contributed by atoms with Gasteiger partial charge in [0.2, 0.25) is 0 Å². The molecule has 0 radical (unpaired) electrons. The van der Waals surface area contributed by atoms with Gasteiger partial charge in [0.25, 0.3) is 0 Å². The van der Waals surface area contributed by atoms with Crippen LogP contribution in [0.3, 0.4) is 0 Å². The molecule has 5 heteroatoms. The number of aromatic nitrogens is 1. The number of ether oxygens (including phenoxy) is 1. The van der Waals surface area contributed by atoms with Crippen molar-refractivity contribution in [1.82, 2.24) is 0 Å². The van der Waals surface area contributed by atoms with Crippen LogP contribution in [0.15, 0.2) is 78.0 Å². The molecule has 0 saturated heterocycles. The number of Topliss-reactive ketones (excluding diaryl/α,β-unsaturated/α-hetero) is 1. The molecule has 1 aliphatic heterocycles. The second kappa shape index (κ2) is 13.3. The number of rotatable bonds is 6. The minimum Gasteiger partial charge on any atom is -0.508 e. The largest absolute Gasteiger partial charge is 0.508 e. The third-order valence-corrected chi connectivity index (χ3v) is 4.99. The van der Waals surface area contributed by atoms with Crippen LogP contribution in [0, 0.1) is 0 Å². The van der Waals surface area contributed by atoms with E-state index in [9.17, 15) is 9.90 Å². The van der Waals surface area contributed by atoms with E-state index in [1.165, 1.54) is 0 Å². The van der Waals surface area contributed by atoms with Crippen LogP contribution in [0.4, 0.5) is 0 Å². The predicted molar refractivity (Wildman–Crippen MR) is 133 cm³/mol. The molecule has 5 nitrogen and oxygen atoms in total. The van der Waals surface area contributed by atoms with Crippen LogP contribution in [-0.4, -0.2) is 17.1 Å². The van der Waals surface area contributed by atoms with Gasteiger partial charge in [-0.3, -0.25) is 9.79 Å². The normalized spacial score (nSPS) is 16.3. The van der Waals surface area contributed by atoms with Gasteiger partial charge in [-0.25, -0.2) is 4.57 Å². The summed E-state index contributed by atoms with van der Waals surface area (Å²) in [5.74, 6) is 0.387. The Morgan fingerprint density at radius 3 is 2.27 bits per heavy atom. The van der Waals surface area contributed by atoms with Crippen LogP contribution >= 0.6 is 0 Å². The summed E-state index contributed by atoms with van der Waals surface area (Å²) in [6, 6.07) is 18.7. The number of nitrogens with zero attached hydrogens (tertiary/aromatic N) is 2. The fraction of sp³-hybridized carbons (Fsp3) is 0.321. The van der Waals surface area contributed by atoms with Crippen molar-refractivity contribution >= 4 is 12.0 Å². The van der Waals surface area contributed by atoms with Crippen molar-refractivity contribution in [3.05, 3.63) is 95.3 Å². The fourth-order valence-corrected chi connectivity index (χ4v) is 3.36. The maximum atomic E-state index is 11.9. The maximum Gasteiger partial charge on any atom is 0.175 e. The number of hydrogen-bond donors (Lipinski definition) is 1. The second-order valence-corrected chi connectivity index (χ2v) is 7.08. The monoisotopic (exact) mass is 447 g/mol. The van der Waals surface area contributed by atoms with Gasteiger partial charge in [0.1, 0.15) is 11.9 Å². The molecule has 2 unspecified atom stereocenters. The lowest BCUT2D eigenvalue weighted by molar-refractivity contribution is -0.688. The molecule has 0 saturated carbocycles. The summed E-state index contributed by atoms with van der Waals surface area (Å²) in [6.07, 6.45) is 5.79. The molecular formula is C28H35N2O3+. The van der Waals surface area contributed by atoms with Crippen molar-refractivity contribution in [2.75, 3.05) is 0 Å². The van der Waals surface area contributed by atoms with Crippen molar-refractivity contribution in [2.24, 2.45) is 4.99 Å². The smallest absolute Gasteiger partial charge is 0.175 e. The number of benzene rings is 2. The van der Waals surface area contributed by atoms with Crippen molar-refractivity contribution in [3.8, 4) is 5.75 Å². The third-order valence-electron chi connectivity index (χ3n) is 4.99. The van der Waals surface area contributed by atoms with E-state index in [0.29, 0.717) is 13.0 Å². The van der Waals surface area contributed by atoms with E-state index < -0.39 is 0 Å². The second-order valence-electron chi connectivity index (χ2n) is 7.08. The van der Waals surface area contributed by atoms with E-state index in [2.05, 4.69) is 9.56 Å². The van der Waals surface area contributed by atoms with Gasteiger partial charge >= 0.3 is 0 Å². The van der Waals surface area contributed by atoms with Crippen LogP contribution < -0.4 is 4.57 Å². The standard InChI is InChI=1S/C24H22N2O3.2C2H6/c1-2-22(28)20-5-3-4-17(14-20)16-26-12-10-18(11-13-26)23-15-25-24(29-23)19-6-8-21(27)9-7-19;2*1-2/h3-15,23-24H,2,16H2,1H3;2*1-2H3/p+1. The van der Waals surface area contributed by atoms with E-state index in [4.69, 9.17) is 4.74 Å². The summed E-state index contributed by atoms with van der Waals surface area (Å²) < 4.78 is 8.11. The number of carbonyl (C=O) groups is 1. The summed E-state index contributed by atoms with van der Waals surface area (Å²) in [7, 11) is 0. The number of phenols is 1. The number of carbonyl (C=O) groups excluding carboxylic acids is 1. The molecule has 0 fully saturated rings. The molecular weight excluding hydrogens is 412 g/mol. The minimum absolute atomic E-state index is 0.160. The van der Waals surface area contributed by atoms with Crippen LogP contribution in [0.1, 0.15) is 80.4 Å². The first-order valence-electron chi connectivity index (χ1n) is 11.7. The highest BCUT2D eigenvalue weighted by Crippen LogP contribution is 2.32. The third kappa shape index (κ3) is 7.09. The van der Waals surface area contributed by atoms with Crippen molar-refractivity contribution in [3.63, 3.8) is 0 Å². The quantitative estimate of drug-likeness (QED) is 0.361. The molecule has 2 aromatic carbocycles. The van der Waals surface area contributed by atoms with Gasteiger partial charge in [-0.1, -0.05) is 65.0 Å². The maximum absolute atomic E-state index is 11.9. The fourth-order valence-electron chi connectivity index (χ4n) is 3.36. The number of aromatic hydroxyl groups is 1. The predicted octanol–water partition coefficient (Wildman–Crippen LogP) is 6.21. The lowest BCUT2D eigenvalue weighted by atomic mass is 10.1. The zero-order valence-corrected chi connectivity index (χ0v) is 20.2. The highest BCUT2D eigenvalue weighted by molar-refractivity contribution is 5.95. The zero-order valence-electron chi connectivity index (χ0n) is 20.2. The van der Waals surface area contributed by atoms with Gasteiger partial charge in [0.15, 0.2) is 30.9 Å². The summed E-state index contributed by atoms with van der Waals surface area (Å²) in [5.41, 5.74) is 3.79. The Bertz CT molecular complexity index is 1030. The summed E-state index contributed by atoms with van der Waals surface area (Å²) in [4.78, 5) is 16.4. The van der Waals surface area contributed by atoms with E-state index in [0.717, 1.165) is 22.3 Å². The molecule has 33 heavy (non-hydrogen) atoms. The molecule has 3 aromatic rings. The lowest BCUT2D eigenvalue weighted by Gasteiger charge is -2.12. The average molecular weight is 448 g/mol. The highest BCUT2D eigenvalue weighted by Gasteiger charge is 2.24.